The molecule has 0 saturated carbocycles. The van der Waals surface area contributed by atoms with Gasteiger partial charge in [0.15, 0.2) is 0 Å². The predicted molar refractivity (Wildman–Crippen MR) is 150 cm³/mol. The van der Waals surface area contributed by atoms with Gasteiger partial charge in [-0.15, -0.1) is 0 Å². The Balaban J connectivity index is 0.000000779. The van der Waals surface area contributed by atoms with E-state index < -0.39 is 7.05 Å². The van der Waals surface area contributed by atoms with Crippen LogP contribution in [-0.4, -0.2) is 18.5 Å². The summed E-state index contributed by atoms with van der Waals surface area (Å²) in [5.41, 5.74) is 3.52. The molecule has 0 heterocycles. The molecular weight excluding hydrogens is 453 g/mol. The maximum absolute atomic E-state index is 5.47. The second kappa shape index (κ2) is 13.9. The average molecular weight is 502 g/mol. The van der Waals surface area contributed by atoms with Crippen LogP contribution in [-0.2, 0) is 21.7 Å². The topological polar surface area (TPSA) is 12.4 Å². The third-order valence-electron chi connectivity index (χ3n) is 4.62. The summed E-state index contributed by atoms with van der Waals surface area (Å²) in [6.07, 6.45) is 17.1. The Kier molecular flexibility index (Phi) is 13.5. The van der Waals surface area contributed by atoms with Crippen LogP contribution in [0.15, 0.2) is 77.7 Å². The van der Waals surface area contributed by atoms with Gasteiger partial charge < -0.3 is 0 Å². The minimum Gasteiger partial charge on any atom is -0.272 e. The van der Waals surface area contributed by atoms with Crippen LogP contribution in [0.2, 0.25) is 0 Å². The normalized spacial score (nSPS) is 14.3. The number of hydrogen-bond donors (Lipinski definition) is 0. The Labute approximate surface area is 220 Å². The summed E-state index contributed by atoms with van der Waals surface area (Å²) in [6, 6.07) is 10.1. The minimum atomic E-state index is -1.39. The number of hydrogen-bond acceptors (Lipinski definition) is 1. The van der Waals surface area contributed by atoms with Crippen LogP contribution in [0.4, 0.5) is 0 Å². The quantitative estimate of drug-likeness (QED) is 0.209. The molecule has 1 aromatic rings. The molecular formula is C30H48NPTi. The maximum atomic E-state index is 5.47. The first-order valence-corrected chi connectivity index (χ1v) is 14.2. The molecule has 182 valence electrons. The van der Waals surface area contributed by atoms with E-state index in [4.69, 9.17) is 4.74 Å². The van der Waals surface area contributed by atoms with Crippen LogP contribution in [0.5, 0.6) is 0 Å². The molecule has 0 saturated heterocycles. The Bertz CT molecular complexity index is 806. The molecule has 1 nitrogen and oxygen atoms in total. The second-order valence-corrected chi connectivity index (χ2v) is 16.0. The molecule has 33 heavy (non-hydrogen) atoms. The van der Waals surface area contributed by atoms with Crippen LogP contribution in [0.25, 0.3) is 6.08 Å². The minimum absolute atomic E-state index is 0. The van der Waals surface area contributed by atoms with Crippen molar-refractivity contribution in [1.82, 2.24) is 0 Å². The summed E-state index contributed by atoms with van der Waals surface area (Å²) >= 11 is 0. The first kappa shape index (κ1) is 32.1. The molecule has 0 fully saturated rings. The first-order chi connectivity index (χ1) is 14.6. The molecule has 0 amide bonds. The largest absolute Gasteiger partial charge is 0.272 e. The standard InChI is InChI=1S/C20H38NP.C10H10.Ti/c1-18(2,3)14-22(15-19(4,5)6,16-20(7,8)9)21-17-12-10-11-13-17;1-2-3-7-10-8-5-4-6-9-10;/h10-12H,13-16H2,1-9H3;2-9H,1H2;. The molecule has 3 heteroatoms. The van der Waals surface area contributed by atoms with Gasteiger partial charge in [0, 0.05) is 33.8 Å². The zero-order valence-electron chi connectivity index (χ0n) is 22.8. The molecule has 0 bridgehead atoms. The van der Waals surface area contributed by atoms with Crippen LogP contribution >= 0.6 is 7.05 Å². The third kappa shape index (κ3) is 15.6. The molecule has 1 aromatic carbocycles. The third-order valence-corrected chi connectivity index (χ3v) is 9.92. The van der Waals surface area contributed by atoms with Gasteiger partial charge in [-0.1, -0.05) is 130 Å². The van der Waals surface area contributed by atoms with Crippen molar-refractivity contribution in [1.29, 1.82) is 0 Å². The summed E-state index contributed by atoms with van der Waals surface area (Å²) in [7, 11) is -1.39. The first-order valence-electron chi connectivity index (χ1n) is 11.9. The van der Waals surface area contributed by atoms with Gasteiger partial charge >= 0.3 is 0 Å². The van der Waals surface area contributed by atoms with Gasteiger partial charge in [-0.05, 0) is 53.4 Å². The molecule has 1 aliphatic carbocycles. The van der Waals surface area contributed by atoms with Gasteiger partial charge in [0.1, 0.15) is 0 Å². The van der Waals surface area contributed by atoms with Crippen molar-refractivity contribution in [3.8, 4) is 0 Å². The maximum Gasteiger partial charge on any atom is 0.0425 e. The Morgan fingerprint density at radius 1 is 0.848 bits per heavy atom. The van der Waals surface area contributed by atoms with Gasteiger partial charge in [-0.25, -0.2) is 0 Å². The summed E-state index contributed by atoms with van der Waals surface area (Å²) in [5, 5.41) is 0. The van der Waals surface area contributed by atoms with Crippen molar-refractivity contribution >= 4 is 13.1 Å². The molecule has 0 spiro atoms. The van der Waals surface area contributed by atoms with Gasteiger partial charge in [-0.3, -0.25) is 4.74 Å². The fraction of sp³-hybridized carbons (Fsp3) is 0.533. The summed E-state index contributed by atoms with van der Waals surface area (Å²) in [4.78, 5) is 0. The molecule has 0 unspecified atom stereocenters. The number of benzene rings is 1. The average Bonchev–Trinajstić information content (AvgIpc) is 3.09. The van der Waals surface area contributed by atoms with Crippen molar-refractivity contribution in [2.45, 2.75) is 68.7 Å². The smallest absolute Gasteiger partial charge is 0.0425 e. The number of rotatable bonds is 6. The van der Waals surface area contributed by atoms with Crippen LogP contribution in [0.1, 0.15) is 74.3 Å². The molecule has 0 aromatic heterocycles. The molecule has 0 atom stereocenters. The van der Waals surface area contributed by atoms with Gasteiger partial charge in [0.25, 0.3) is 0 Å². The van der Waals surface area contributed by atoms with Crippen molar-refractivity contribution in [2.24, 2.45) is 21.0 Å². The summed E-state index contributed by atoms with van der Waals surface area (Å²) in [6.45, 7) is 25.0. The molecule has 2 rings (SSSR count). The number of allylic oxidation sites excluding steroid dienone is 5. The molecule has 0 N–H and O–H groups in total. The van der Waals surface area contributed by atoms with Crippen LogP contribution < -0.4 is 0 Å². The molecule has 0 radical (unpaired) electrons. The van der Waals surface area contributed by atoms with E-state index in [1.54, 1.807) is 6.08 Å². The van der Waals surface area contributed by atoms with Gasteiger partial charge in [0.2, 0.25) is 0 Å². The summed E-state index contributed by atoms with van der Waals surface area (Å²) < 4.78 is 5.47. The van der Waals surface area contributed by atoms with E-state index in [1.165, 1.54) is 29.7 Å². The number of nitrogens with zero attached hydrogens (tertiary/aromatic N) is 1. The van der Waals surface area contributed by atoms with Crippen molar-refractivity contribution in [3.05, 3.63) is 78.6 Å². The fourth-order valence-electron chi connectivity index (χ4n) is 4.45. The van der Waals surface area contributed by atoms with E-state index in [0.29, 0.717) is 16.2 Å². The van der Waals surface area contributed by atoms with E-state index in [9.17, 15) is 0 Å². The van der Waals surface area contributed by atoms with E-state index in [-0.39, 0.29) is 21.7 Å². The van der Waals surface area contributed by atoms with E-state index >= 15 is 0 Å². The zero-order chi connectivity index (χ0) is 24.5. The monoisotopic (exact) mass is 501 g/mol. The molecule has 1 aliphatic rings. The molecule has 0 aliphatic heterocycles. The van der Waals surface area contributed by atoms with Crippen molar-refractivity contribution < 1.29 is 21.7 Å². The van der Waals surface area contributed by atoms with Crippen LogP contribution in [0, 0.1) is 16.2 Å². The Morgan fingerprint density at radius 2 is 1.33 bits per heavy atom. The van der Waals surface area contributed by atoms with Gasteiger partial charge in [-0.2, -0.15) is 0 Å². The van der Waals surface area contributed by atoms with Crippen LogP contribution in [0.3, 0.4) is 0 Å². The predicted octanol–water partition coefficient (Wildman–Crippen LogP) is 10.1. The van der Waals surface area contributed by atoms with E-state index in [2.05, 4.69) is 99.3 Å². The Morgan fingerprint density at radius 3 is 1.70 bits per heavy atom. The fourth-order valence-corrected chi connectivity index (χ4v) is 11.0. The van der Waals surface area contributed by atoms with Crippen molar-refractivity contribution in [2.75, 3.05) is 18.5 Å². The van der Waals surface area contributed by atoms with E-state index in [1.807, 2.05) is 30.4 Å². The van der Waals surface area contributed by atoms with E-state index in [0.717, 1.165) is 6.42 Å². The van der Waals surface area contributed by atoms with Gasteiger partial charge in [0.05, 0.1) is 0 Å². The second-order valence-electron chi connectivity index (χ2n) is 12.6. The Hall–Kier alpha value is -0.876. The summed E-state index contributed by atoms with van der Waals surface area (Å²) in [5.74, 6) is 0. The zero-order valence-corrected chi connectivity index (χ0v) is 25.2. The van der Waals surface area contributed by atoms with Crippen molar-refractivity contribution in [3.63, 3.8) is 0 Å². The SMILES string of the molecule is C=CC=Cc1ccccc1.CC(C)(C)CP(CC(C)(C)C)(CC(C)(C)C)=NC1=CC=CC1.[Ti].